The van der Waals surface area contributed by atoms with Crippen LogP contribution in [-0.2, 0) is 4.74 Å². The van der Waals surface area contributed by atoms with E-state index in [1.165, 1.54) is 11.1 Å². The highest BCUT2D eigenvalue weighted by Crippen LogP contribution is 2.23. The molecule has 0 unspecified atom stereocenters. The highest BCUT2D eigenvalue weighted by molar-refractivity contribution is 5.95. The molecule has 0 radical (unpaired) electrons. The number of nitrogens with zero attached hydrogens (tertiary/aromatic N) is 3. The molecule has 0 aliphatic carbocycles. The number of carboxylic acid groups (broad SMARTS) is 1. The summed E-state index contributed by atoms with van der Waals surface area (Å²) in [6.07, 6.45) is 17.5. The summed E-state index contributed by atoms with van der Waals surface area (Å²) in [5.41, 5.74) is 6.39. The smallest absolute Gasteiger partial charge is 0.355 e. The van der Waals surface area contributed by atoms with Crippen LogP contribution in [0.2, 0.25) is 0 Å². The van der Waals surface area contributed by atoms with Gasteiger partial charge in [-0.25, -0.2) is 9.59 Å². The molecule has 0 saturated heterocycles. The number of H-pyrrole nitrogens is 3. The van der Waals surface area contributed by atoms with Gasteiger partial charge in [0.2, 0.25) is 0 Å². The Labute approximate surface area is 236 Å². The normalized spacial score (nSPS) is 9.98. The lowest BCUT2D eigenvalue weighted by Crippen LogP contribution is -2.06. The van der Waals surface area contributed by atoms with Gasteiger partial charge in [-0.1, -0.05) is 0 Å². The molecule has 0 fully saturated rings. The molecule has 4 N–H and O–H groups in total. The van der Waals surface area contributed by atoms with E-state index in [0.717, 1.165) is 16.7 Å². The highest BCUT2D eigenvalue weighted by atomic mass is 16.5. The lowest BCUT2D eigenvalue weighted by molar-refractivity contribution is 0.0520. The Hall–Kier alpha value is -5.77. The van der Waals surface area contributed by atoms with Crippen molar-refractivity contribution in [2.45, 2.75) is 6.92 Å². The van der Waals surface area contributed by atoms with Crippen LogP contribution in [0, 0.1) is 0 Å². The molecule has 6 rings (SSSR count). The van der Waals surface area contributed by atoms with Crippen molar-refractivity contribution < 1.29 is 19.4 Å². The van der Waals surface area contributed by atoms with Crippen LogP contribution in [0.25, 0.3) is 33.4 Å². The average molecular weight is 549 g/mol. The first-order valence-corrected chi connectivity index (χ1v) is 12.7. The molecule has 0 aliphatic heterocycles. The van der Waals surface area contributed by atoms with E-state index in [9.17, 15) is 9.59 Å². The molecule has 0 aromatic carbocycles. The lowest BCUT2D eigenvalue weighted by Gasteiger charge is -2.03. The molecule has 0 amide bonds. The van der Waals surface area contributed by atoms with Crippen molar-refractivity contribution in [1.29, 1.82) is 0 Å². The van der Waals surface area contributed by atoms with Gasteiger partial charge in [0.25, 0.3) is 0 Å². The van der Waals surface area contributed by atoms with Gasteiger partial charge in [-0.15, -0.1) is 0 Å². The summed E-state index contributed by atoms with van der Waals surface area (Å²) in [6.45, 7) is 2.15. The van der Waals surface area contributed by atoms with Crippen molar-refractivity contribution >= 4 is 11.9 Å². The molecule has 206 valence electrons. The van der Waals surface area contributed by atoms with Gasteiger partial charge in [0.1, 0.15) is 11.4 Å². The molecular weight excluding hydrogens is 520 g/mol. The van der Waals surface area contributed by atoms with Gasteiger partial charge < -0.3 is 24.8 Å². The number of ether oxygens (including phenoxy) is 1. The molecule has 0 spiro atoms. The fourth-order valence-corrected chi connectivity index (χ4v) is 3.88. The van der Waals surface area contributed by atoms with E-state index < -0.39 is 5.97 Å². The SMILES string of the molecule is CCOC(=O)c1[nH]ccc1-c1ccncc1.O=C(O)c1[nH]ccc1-c1ccncc1.c1cc(-c2cc[nH]c2)ccn1. The van der Waals surface area contributed by atoms with E-state index in [0.29, 0.717) is 17.9 Å². The van der Waals surface area contributed by atoms with Gasteiger partial charge in [-0.2, -0.15) is 0 Å². The van der Waals surface area contributed by atoms with Crippen LogP contribution < -0.4 is 0 Å². The first-order chi connectivity index (χ1) is 20.1. The fraction of sp³-hybridized carbons (Fsp3) is 0.0645. The van der Waals surface area contributed by atoms with E-state index >= 15 is 0 Å². The number of rotatable bonds is 6. The number of hydrogen-bond donors (Lipinski definition) is 4. The lowest BCUT2D eigenvalue weighted by atomic mass is 10.1. The van der Waals surface area contributed by atoms with Crippen molar-refractivity contribution in [3.63, 3.8) is 0 Å². The van der Waals surface area contributed by atoms with Crippen molar-refractivity contribution in [2.24, 2.45) is 0 Å². The van der Waals surface area contributed by atoms with Crippen LogP contribution in [0.4, 0.5) is 0 Å². The Morgan fingerprint density at radius 1 is 0.659 bits per heavy atom. The molecular formula is C31H28N6O4. The highest BCUT2D eigenvalue weighted by Gasteiger charge is 2.14. The molecule has 0 atom stereocenters. The van der Waals surface area contributed by atoms with Gasteiger partial charge >= 0.3 is 11.9 Å². The minimum atomic E-state index is -0.957. The van der Waals surface area contributed by atoms with Gasteiger partial charge in [0.05, 0.1) is 6.61 Å². The molecule has 41 heavy (non-hydrogen) atoms. The van der Waals surface area contributed by atoms with Crippen LogP contribution in [0.1, 0.15) is 27.9 Å². The summed E-state index contributed by atoms with van der Waals surface area (Å²) < 4.78 is 4.96. The number of carbonyl (C=O) groups is 2. The third kappa shape index (κ3) is 7.64. The molecule has 6 aromatic heterocycles. The second kappa shape index (κ2) is 14.4. The molecule has 0 saturated carbocycles. The first-order valence-electron chi connectivity index (χ1n) is 12.7. The van der Waals surface area contributed by atoms with Crippen molar-refractivity contribution in [2.75, 3.05) is 6.61 Å². The number of carboxylic acids is 1. The van der Waals surface area contributed by atoms with Gasteiger partial charge in [0, 0.05) is 73.1 Å². The Morgan fingerprint density at radius 3 is 1.61 bits per heavy atom. The quantitative estimate of drug-likeness (QED) is 0.184. The topological polar surface area (TPSA) is 150 Å². The summed E-state index contributed by atoms with van der Waals surface area (Å²) in [5.74, 6) is -1.29. The molecule has 0 aliphatic rings. The first kappa shape index (κ1) is 28.2. The van der Waals surface area contributed by atoms with Crippen LogP contribution in [0.5, 0.6) is 0 Å². The summed E-state index contributed by atoms with van der Waals surface area (Å²) in [4.78, 5) is 42.8. The van der Waals surface area contributed by atoms with E-state index in [4.69, 9.17) is 9.84 Å². The summed E-state index contributed by atoms with van der Waals surface area (Å²) in [6, 6.07) is 16.9. The maximum atomic E-state index is 11.6. The van der Waals surface area contributed by atoms with Crippen LogP contribution in [0.15, 0.2) is 117 Å². The third-order valence-corrected chi connectivity index (χ3v) is 5.78. The number of aromatic amines is 3. The maximum Gasteiger partial charge on any atom is 0.355 e. The largest absolute Gasteiger partial charge is 0.477 e. The molecule has 6 heterocycles. The van der Waals surface area contributed by atoms with E-state index in [1.54, 1.807) is 74.7 Å². The summed E-state index contributed by atoms with van der Waals surface area (Å²) >= 11 is 0. The number of carbonyl (C=O) groups excluding carboxylic acids is 1. The van der Waals surface area contributed by atoms with Gasteiger partial charge in [-0.05, 0) is 83.8 Å². The Bertz CT molecular complexity index is 1630. The number of aromatic carboxylic acids is 1. The Morgan fingerprint density at radius 2 is 1.15 bits per heavy atom. The Kier molecular flexibility index (Phi) is 9.92. The zero-order valence-corrected chi connectivity index (χ0v) is 22.2. The second-order valence-electron chi connectivity index (χ2n) is 8.37. The third-order valence-electron chi connectivity index (χ3n) is 5.78. The van der Waals surface area contributed by atoms with Crippen molar-refractivity contribution in [3.8, 4) is 33.4 Å². The maximum absolute atomic E-state index is 11.6. The number of pyridine rings is 3. The molecule has 0 bridgehead atoms. The number of hydrogen-bond acceptors (Lipinski definition) is 6. The molecule has 10 heteroatoms. The van der Waals surface area contributed by atoms with Crippen molar-refractivity contribution in [1.82, 2.24) is 29.9 Å². The standard InChI is InChI=1S/C12H12N2O2.C10H8N2O2.C9H8N2/c1-2-16-12(15)11-10(5-8-14-11)9-3-6-13-7-4-9;13-10(14)9-8(3-6-12-9)7-1-4-11-5-2-7;1-4-10-5-2-8(1)9-3-6-11-7-9/h3-8,14H,2H2,1H3;1-6,12H,(H,13,14);1-7,11H. The predicted octanol–water partition coefficient (Wildman–Crippen LogP) is 6.11. The molecule has 10 nitrogen and oxygen atoms in total. The second-order valence-corrected chi connectivity index (χ2v) is 8.37. The summed E-state index contributed by atoms with van der Waals surface area (Å²) in [7, 11) is 0. The van der Waals surface area contributed by atoms with Crippen LogP contribution >= 0.6 is 0 Å². The average Bonchev–Trinajstić information content (AvgIpc) is 3.82. The Balaban J connectivity index is 0.000000144. The van der Waals surface area contributed by atoms with E-state index in [2.05, 4.69) is 29.9 Å². The van der Waals surface area contributed by atoms with E-state index in [-0.39, 0.29) is 11.7 Å². The van der Waals surface area contributed by atoms with Gasteiger partial charge in [-0.3, -0.25) is 15.0 Å². The number of esters is 1. The zero-order valence-electron chi connectivity index (χ0n) is 22.2. The monoisotopic (exact) mass is 548 g/mol. The molecule has 6 aromatic rings. The van der Waals surface area contributed by atoms with Crippen molar-refractivity contribution in [3.05, 3.63) is 128 Å². The summed E-state index contributed by atoms with van der Waals surface area (Å²) in [5, 5.41) is 8.87. The minimum absolute atomic E-state index is 0.205. The number of nitrogens with one attached hydrogen (secondary N) is 3. The van der Waals surface area contributed by atoms with Crippen LogP contribution in [-0.4, -0.2) is 53.6 Å². The van der Waals surface area contributed by atoms with Crippen LogP contribution in [0.3, 0.4) is 0 Å². The minimum Gasteiger partial charge on any atom is -0.477 e. The van der Waals surface area contributed by atoms with E-state index in [1.807, 2.05) is 48.8 Å². The fourth-order valence-electron chi connectivity index (χ4n) is 3.88. The zero-order chi connectivity index (χ0) is 28.9. The predicted molar refractivity (Wildman–Crippen MR) is 155 cm³/mol. The van der Waals surface area contributed by atoms with Gasteiger partial charge in [0.15, 0.2) is 0 Å². The number of aromatic nitrogens is 6.